The molecule has 2 heteroatoms. The number of hydrogen-bond donors (Lipinski definition) is 1. The van der Waals surface area contributed by atoms with Gasteiger partial charge in [0, 0.05) is 19.3 Å². The highest BCUT2D eigenvalue weighted by Crippen LogP contribution is 2.19. The predicted octanol–water partition coefficient (Wildman–Crippen LogP) is 3.60. The molecule has 2 rings (SSSR count). The molecule has 0 aromatic heterocycles. The number of nitrogens with one attached hydrogen (secondary N) is 1. The number of hydrogen-bond acceptors (Lipinski definition) is 2. The van der Waals surface area contributed by atoms with Crippen LogP contribution in [0.3, 0.4) is 0 Å². The number of rotatable bonds is 5. The van der Waals surface area contributed by atoms with Gasteiger partial charge in [0.2, 0.25) is 0 Å². The summed E-state index contributed by atoms with van der Waals surface area (Å²) in [5.74, 6) is 0.783. The van der Waals surface area contributed by atoms with Gasteiger partial charge in [0.25, 0.3) is 0 Å². The fourth-order valence-electron chi connectivity index (χ4n) is 2.24. The van der Waals surface area contributed by atoms with E-state index in [0.29, 0.717) is 6.61 Å². The lowest BCUT2D eigenvalue weighted by molar-refractivity contribution is 0.185. The summed E-state index contributed by atoms with van der Waals surface area (Å²) in [6.07, 6.45) is 8.34. The molecule has 0 heterocycles. The van der Waals surface area contributed by atoms with Gasteiger partial charge in [-0.1, -0.05) is 24.3 Å². The van der Waals surface area contributed by atoms with Crippen molar-refractivity contribution < 1.29 is 4.74 Å². The van der Waals surface area contributed by atoms with E-state index < -0.39 is 0 Å². The second kappa shape index (κ2) is 6.45. The van der Waals surface area contributed by atoms with E-state index in [1.54, 1.807) is 7.11 Å². The molecule has 1 aliphatic carbocycles. The Morgan fingerprint density at radius 1 is 1.35 bits per heavy atom. The van der Waals surface area contributed by atoms with Crippen molar-refractivity contribution in [3.05, 3.63) is 42.0 Å². The number of ether oxygens (including phenoxy) is 1. The van der Waals surface area contributed by atoms with E-state index >= 15 is 0 Å². The van der Waals surface area contributed by atoms with E-state index in [0.717, 1.165) is 12.5 Å². The zero-order valence-corrected chi connectivity index (χ0v) is 10.5. The summed E-state index contributed by atoms with van der Waals surface area (Å²) in [7, 11) is 1.73. The molecule has 1 N–H and O–H groups in total. The lowest BCUT2D eigenvalue weighted by atomic mass is 9.94. The summed E-state index contributed by atoms with van der Waals surface area (Å²) in [5, 5.41) is 3.52. The summed E-state index contributed by atoms with van der Waals surface area (Å²) in [6.45, 7) is 1.75. The molecule has 0 saturated carbocycles. The van der Waals surface area contributed by atoms with E-state index in [1.807, 2.05) is 0 Å². The van der Waals surface area contributed by atoms with Crippen molar-refractivity contribution in [3.8, 4) is 0 Å². The number of anilines is 1. The molecule has 0 bridgehead atoms. The van der Waals surface area contributed by atoms with Crippen molar-refractivity contribution in [3.63, 3.8) is 0 Å². The van der Waals surface area contributed by atoms with Gasteiger partial charge in [0.15, 0.2) is 0 Å². The highest BCUT2D eigenvalue weighted by Gasteiger charge is 2.09. The van der Waals surface area contributed by atoms with Gasteiger partial charge in [0.05, 0.1) is 6.61 Å². The van der Waals surface area contributed by atoms with Crippen molar-refractivity contribution in [1.82, 2.24) is 0 Å². The minimum Gasteiger partial charge on any atom is -0.385 e. The third-order valence-corrected chi connectivity index (χ3v) is 3.21. The monoisotopic (exact) mass is 231 g/mol. The van der Waals surface area contributed by atoms with Crippen LogP contribution in [0.4, 0.5) is 5.69 Å². The molecule has 0 fully saturated rings. The van der Waals surface area contributed by atoms with Gasteiger partial charge in [-0.15, -0.1) is 0 Å². The Morgan fingerprint density at radius 3 is 3.06 bits per heavy atom. The van der Waals surface area contributed by atoms with Crippen molar-refractivity contribution >= 4 is 5.69 Å². The molecule has 0 amide bonds. The molecule has 1 unspecified atom stereocenters. The summed E-state index contributed by atoms with van der Waals surface area (Å²) < 4.78 is 5.14. The maximum atomic E-state index is 5.14. The highest BCUT2D eigenvalue weighted by atomic mass is 16.5. The maximum Gasteiger partial charge on any atom is 0.0713 e. The lowest BCUT2D eigenvalue weighted by Gasteiger charge is -2.19. The van der Waals surface area contributed by atoms with E-state index in [1.165, 1.54) is 30.5 Å². The smallest absolute Gasteiger partial charge is 0.0713 e. The van der Waals surface area contributed by atoms with E-state index in [4.69, 9.17) is 4.74 Å². The van der Waals surface area contributed by atoms with Crippen LogP contribution in [0.2, 0.25) is 0 Å². The molecular formula is C15H21NO. The fraction of sp³-hybridized carbons (Fsp3) is 0.467. The van der Waals surface area contributed by atoms with Gasteiger partial charge >= 0.3 is 0 Å². The van der Waals surface area contributed by atoms with Crippen LogP contribution in [0.25, 0.3) is 0 Å². The minimum absolute atomic E-state index is 0.682. The normalized spacial score (nSPS) is 19.2. The molecule has 0 aliphatic heterocycles. The zero-order valence-electron chi connectivity index (χ0n) is 10.5. The Labute approximate surface area is 104 Å². The van der Waals surface area contributed by atoms with Gasteiger partial charge in [-0.25, -0.2) is 0 Å². The van der Waals surface area contributed by atoms with Crippen LogP contribution < -0.4 is 5.32 Å². The Kier molecular flexibility index (Phi) is 4.63. The van der Waals surface area contributed by atoms with Crippen LogP contribution in [-0.2, 0) is 11.3 Å². The highest BCUT2D eigenvalue weighted by molar-refractivity contribution is 5.45. The van der Waals surface area contributed by atoms with Gasteiger partial charge < -0.3 is 10.1 Å². The fourth-order valence-corrected chi connectivity index (χ4v) is 2.24. The van der Waals surface area contributed by atoms with Gasteiger partial charge in [-0.3, -0.25) is 0 Å². The number of benzene rings is 1. The molecule has 0 radical (unpaired) electrons. The van der Waals surface area contributed by atoms with Gasteiger partial charge in [0.1, 0.15) is 0 Å². The molecule has 1 atom stereocenters. The third kappa shape index (κ3) is 3.90. The molecule has 17 heavy (non-hydrogen) atoms. The number of allylic oxidation sites excluding steroid dienone is 2. The zero-order chi connectivity index (χ0) is 11.9. The summed E-state index contributed by atoms with van der Waals surface area (Å²) in [5.41, 5.74) is 2.43. The van der Waals surface area contributed by atoms with Crippen LogP contribution in [0.1, 0.15) is 24.8 Å². The first-order valence-corrected chi connectivity index (χ1v) is 6.35. The third-order valence-electron chi connectivity index (χ3n) is 3.21. The van der Waals surface area contributed by atoms with Crippen LogP contribution in [0.15, 0.2) is 36.4 Å². The molecule has 2 nitrogen and oxygen atoms in total. The van der Waals surface area contributed by atoms with Crippen LogP contribution in [0, 0.1) is 5.92 Å². The largest absolute Gasteiger partial charge is 0.385 e. The summed E-state index contributed by atoms with van der Waals surface area (Å²) >= 11 is 0. The van der Waals surface area contributed by atoms with Crippen LogP contribution >= 0.6 is 0 Å². The molecule has 1 aliphatic rings. The van der Waals surface area contributed by atoms with Crippen LogP contribution in [0.5, 0.6) is 0 Å². The average Bonchev–Trinajstić information content (AvgIpc) is 2.39. The predicted molar refractivity (Wildman–Crippen MR) is 72.1 cm³/mol. The molecule has 1 aromatic carbocycles. The van der Waals surface area contributed by atoms with Crippen LogP contribution in [-0.4, -0.2) is 13.7 Å². The SMILES string of the molecule is COCc1cccc(NCC2CC=CCC2)c1. The Hall–Kier alpha value is -1.28. The lowest BCUT2D eigenvalue weighted by Crippen LogP contribution is -2.15. The van der Waals surface area contributed by atoms with E-state index in [-0.39, 0.29) is 0 Å². The molecule has 0 saturated heterocycles. The molecule has 1 aromatic rings. The quantitative estimate of drug-likeness (QED) is 0.782. The molecular weight excluding hydrogens is 210 g/mol. The van der Waals surface area contributed by atoms with Crippen molar-refractivity contribution in [2.75, 3.05) is 19.0 Å². The Bertz CT molecular complexity index is 373. The molecule has 92 valence electrons. The summed E-state index contributed by atoms with van der Waals surface area (Å²) in [6, 6.07) is 8.47. The minimum atomic E-state index is 0.682. The first kappa shape index (κ1) is 12.2. The topological polar surface area (TPSA) is 21.3 Å². The average molecular weight is 231 g/mol. The van der Waals surface area contributed by atoms with Crippen molar-refractivity contribution in [2.24, 2.45) is 5.92 Å². The van der Waals surface area contributed by atoms with Gasteiger partial charge in [-0.2, -0.15) is 0 Å². The van der Waals surface area contributed by atoms with E-state index in [2.05, 4.69) is 41.7 Å². The Morgan fingerprint density at radius 2 is 2.29 bits per heavy atom. The molecule has 0 spiro atoms. The first-order valence-electron chi connectivity index (χ1n) is 6.35. The Balaban J connectivity index is 1.85. The van der Waals surface area contributed by atoms with Crippen molar-refractivity contribution in [1.29, 1.82) is 0 Å². The second-order valence-corrected chi connectivity index (χ2v) is 4.66. The van der Waals surface area contributed by atoms with Gasteiger partial charge in [-0.05, 0) is 42.9 Å². The summed E-state index contributed by atoms with van der Waals surface area (Å²) in [4.78, 5) is 0. The van der Waals surface area contributed by atoms with E-state index in [9.17, 15) is 0 Å². The second-order valence-electron chi connectivity index (χ2n) is 4.66. The first-order chi connectivity index (χ1) is 8.38. The van der Waals surface area contributed by atoms with Crippen molar-refractivity contribution in [2.45, 2.75) is 25.9 Å². The standard InChI is InChI=1S/C15H21NO/c1-17-12-14-8-5-9-15(10-14)16-11-13-6-3-2-4-7-13/h2-3,5,8-10,13,16H,4,6-7,11-12H2,1H3. The maximum absolute atomic E-state index is 5.14. The number of methoxy groups -OCH3 is 1.